The average molecular weight is 298 g/mol. The van der Waals surface area contributed by atoms with Gasteiger partial charge in [-0.25, -0.2) is 0 Å². The van der Waals surface area contributed by atoms with Gasteiger partial charge in [0.2, 0.25) is 0 Å². The quantitative estimate of drug-likeness (QED) is 0.937. The molecule has 2 rings (SSSR count). The van der Waals surface area contributed by atoms with Crippen molar-refractivity contribution in [1.29, 1.82) is 0 Å². The number of hydrogen-bond acceptors (Lipinski definition) is 2. The Bertz CT molecular complexity index is 622. The molecule has 0 bridgehead atoms. The van der Waals surface area contributed by atoms with E-state index in [0.717, 1.165) is 5.69 Å². The number of carbonyl (C=O) groups excluding carboxylic acids is 1. The van der Waals surface area contributed by atoms with Gasteiger partial charge in [0.1, 0.15) is 5.69 Å². The van der Waals surface area contributed by atoms with Crippen LogP contribution in [0.1, 0.15) is 23.1 Å². The molecule has 0 unspecified atom stereocenters. The van der Waals surface area contributed by atoms with Crippen LogP contribution in [0, 0.1) is 6.92 Å². The van der Waals surface area contributed by atoms with Gasteiger partial charge in [0.25, 0.3) is 5.91 Å². The van der Waals surface area contributed by atoms with Crippen LogP contribution >= 0.6 is 23.2 Å². The van der Waals surface area contributed by atoms with Crippen molar-refractivity contribution in [2.24, 2.45) is 0 Å². The van der Waals surface area contributed by atoms with Crippen molar-refractivity contribution in [3.63, 3.8) is 0 Å². The maximum Gasteiger partial charge on any atom is 0.273 e. The fourth-order valence-corrected chi connectivity index (χ4v) is 2.10. The summed E-state index contributed by atoms with van der Waals surface area (Å²) in [5, 5.41) is 7.70. The number of nitrogens with one attached hydrogen (secondary N) is 1. The Hall–Kier alpha value is -1.52. The van der Waals surface area contributed by atoms with Gasteiger partial charge in [-0.05, 0) is 32.0 Å². The highest BCUT2D eigenvalue weighted by Gasteiger charge is 2.15. The van der Waals surface area contributed by atoms with E-state index in [0.29, 0.717) is 28.0 Å². The van der Waals surface area contributed by atoms with Crippen molar-refractivity contribution < 1.29 is 4.79 Å². The van der Waals surface area contributed by atoms with Gasteiger partial charge in [-0.2, -0.15) is 5.10 Å². The first-order valence-electron chi connectivity index (χ1n) is 5.82. The van der Waals surface area contributed by atoms with Crippen LogP contribution in [0.25, 0.3) is 0 Å². The summed E-state index contributed by atoms with van der Waals surface area (Å²) in [6.07, 6.45) is 0. The number of carbonyl (C=O) groups is 1. The predicted molar refractivity (Wildman–Crippen MR) is 77.1 cm³/mol. The second-order valence-corrected chi connectivity index (χ2v) is 4.83. The molecule has 4 nitrogen and oxygen atoms in total. The first-order chi connectivity index (χ1) is 9.02. The monoisotopic (exact) mass is 297 g/mol. The number of aryl methyl sites for hydroxylation is 2. The number of halogens is 2. The summed E-state index contributed by atoms with van der Waals surface area (Å²) in [6.45, 7) is 4.39. The van der Waals surface area contributed by atoms with Crippen molar-refractivity contribution in [3.8, 4) is 0 Å². The van der Waals surface area contributed by atoms with Gasteiger partial charge in [0, 0.05) is 6.54 Å². The summed E-state index contributed by atoms with van der Waals surface area (Å²) >= 11 is 11.9. The molecule has 0 radical (unpaired) electrons. The second-order valence-electron chi connectivity index (χ2n) is 4.04. The Balaban J connectivity index is 2.28. The zero-order valence-electron chi connectivity index (χ0n) is 10.6. The van der Waals surface area contributed by atoms with Crippen LogP contribution in [0.15, 0.2) is 24.3 Å². The van der Waals surface area contributed by atoms with Crippen LogP contribution in [0.4, 0.5) is 5.69 Å². The van der Waals surface area contributed by atoms with Crippen LogP contribution in [-0.2, 0) is 6.54 Å². The average Bonchev–Trinajstić information content (AvgIpc) is 2.76. The van der Waals surface area contributed by atoms with Gasteiger partial charge in [-0.1, -0.05) is 29.3 Å². The fraction of sp³-hybridized carbons (Fsp3) is 0.231. The molecule has 0 fully saturated rings. The molecule has 0 saturated carbocycles. The number of aromatic nitrogens is 2. The lowest BCUT2D eigenvalue weighted by molar-refractivity contribution is 0.101. The van der Waals surface area contributed by atoms with E-state index in [9.17, 15) is 4.79 Å². The zero-order valence-corrected chi connectivity index (χ0v) is 12.1. The lowest BCUT2D eigenvalue weighted by atomic mass is 10.3. The lowest BCUT2D eigenvalue weighted by Crippen LogP contribution is -2.17. The SMILES string of the molecule is CCn1nc(C)cc1C(=O)Nc1cccc(Cl)c1Cl. The smallest absolute Gasteiger partial charge is 0.273 e. The molecule has 19 heavy (non-hydrogen) atoms. The number of benzene rings is 1. The molecule has 1 aromatic heterocycles. The molecule has 1 aromatic carbocycles. The minimum absolute atomic E-state index is 0.258. The third kappa shape index (κ3) is 2.91. The Morgan fingerprint density at radius 1 is 1.42 bits per heavy atom. The van der Waals surface area contributed by atoms with Gasteiger partial charge >= 0.3 is 0 Å². The van der Waals surface area contributed by atoms with Gasteiger partial charge < -0.3 is 5.32 Å². The summed E-state index contributed by atoms with van der Waals surface area (Å²) in [7, 11) is 0. The molecule has 0 saturated heterocycles. The Labute approximate surface area is 121 Å². The van der Waals surface area contributed by atoms with Crippen LogP contribution in [0.5, 0.6) is 0 Å². The molecule has 0 aliphatic heterocycles. The van der Waals surface area contributed by atoms with E-state index in [4.69, 9.17) is 23.2 Å². The molecule has 1 amide bonds. The fourth-order valence-electron chi connectivity index (χ4n) is 1.76. The highest BCUT2D eigenvalue weighted by molar-refractivity contribution is 6.44. The maximum absolute atomic E-state index is 12.2. The molecule has 0 atom stereocenters. The van der Waals surface area contributed by atoms with E-state index in [1.54, 1.807) is 28.9 Å². The molecule has 1 N–H and O–H groups in total. The predicted octanol–water partition coefficient (Wildman–Crippen LogP) is 3.77. The van der Waals surface area contributed by atoms with E-state index in [-0.39, 0.29) is 5.91 Å². The van der Waals surface area contributed by atoms with Crippen molar-refractivity contribution in [3.05, 3.63) is 45.7 Å². The molecule has 0 aliphatic rings. The van der Waals surface area contributed by atoms with Gasteiger partial charge in [0.05, 0.1) is 21.4 Å². The minimum Gasteiger partial charge on any atom is -0.319 e. The minimum atomic E-state index is -0.258. The number of rotatable bonds is 3. The number of amides is 1. The zero-order chi connectivity index (χ0) is 14.0. The first-order valence-corrected chi connectivity index (χ1v) is 6.58. The Morgan fingerprint density at radius 3 is 2.84 bits per heavy atom. The van der Waals surface area contributed by atoms with Gasteiger partial charge in [-0.15, -0.1) is 0 Å². The van der Waals surface area contributed by atoms with E-state index in [1.807, 2.05) is 13.8 Å². The summed E-state index contributed by atoms with van der Waals surface area (Å²) in [5.41, 5.74) is 1.78. The van der Waals surface area contributed by atoms with Gasteiger partial charge in [-0.3, -0.25) is 9.48 Å². The maximum atomic E-state index is 12.2. The highest BCUT2D eigenvalue weighted by Crippen LogP contribution is 2.29. The van der Waals surface area contributed by atoms with Crippen molar-refractivity contribution >= 4 is 34.8 Å². The summed E-state index contributed by atoms with van der Waals surface area (Å²) in [5.74, 6) is -0.258. The van der Waals surface area contributed by atoms with E-state index in [2.05, 4.69) is 10.4 Å². The van der Waals surface area contributed by atoms with Crippen LogP contribution in [-0.4, -0.2) is 15.7 Å². The van der Waals surface area contributed by atoms with Crippen molar-refractivity contribution in [2.45, 2.75) is 20.4 Å². The molecule has 0 aliphatic carbocycles. The Kier molecular flexibility index (Phi) is 4.12. The van der Waals surface area contributed by atoms with E-state index >= 15 is 0 Å². The Morgan fingerprint density at radius 2 is 2.16 bits per heavy atom. The largest absolute Gasteiger partial charge is 0.319 e. The summed E-state index contributed by atoms with van der Waals surface area (Å²) < 4.78 is 1.64. The van der Waals surface area contributed by atoms with Crippen LogP contribution in [0.3, 0.4) is 0 Å². The number of nitrogens with zero attached hydrogens (tertiary/aromatic N) is 2. The third-order valence-corrected chi connectivity index (χ3v) is 3.45. The number of anilines is 1. The summed E-state index contributed by atoms with van der Waals surface area (Å²) in [4.78, 5) is 12.2. The third-order valence-electron chi connectivity index (χ3n) is 2.63. The van der Waals surface area contributed by atoms with Crippen molar-refractivity contribution in [1.82, 2.24) is 9.78 Å². The molecular formula is C13H13Cl2N3O. The topological polar surface area (TPSA) is 46.9 Å². The highest BCUT2D eigenvalue weighted by atomic mass is 35.5. The van der Waals surface area contributed by atoms with Crippen LogP contribution in [0.2, 0.25) is 10.0 Å². The molecular weight excluding hydrogens is 285 g/mol. The van der Waals surface area contributed by atoms with E-state index < -0.39 is 0 Å². The van der Waals surface area contributed by atoms with E-state index in [1.165, 1.54) is 0 Å². The first kappa shape index (κ1) is 13.9. The normalized spacial score (nSPS) is 10.5. The molecule has 0 spiro atoms. The standard InChI is InChI=1S/C13H13Cl2N3O/c1-3-18-11(7-8(2)17-18)13(19)16-10-6-4-5-9(14)12(10)15/h4-7H,3H2,1-2H3,(H,16,19). The van der Waals surface area contributed by atoms with Gasteiger partial charge in [0.15, 0.2) is 0 Å². The second kappa shape index (κ2) is 5.63. The molecule has 2 aromatic rings. The van der Waals surface area contributed by atoms with Crippen molar-refractivity contribution in [2.75, 3.05) is 5.32 Å². The molecule has 6 heteroatoms. The van der Waals surface area contributed by atoms with Crippen LogP contribution < -0.4 is 5.32 Å². The lowest BCUT2D eigenvalue weighted by Gasteiger charge is -2.08. The summed E-state index contributed by atoms with van der Waals surface area (Å²) in [6, 6.07) is 6.83. The molecule has 1 heterocycles. The molecule has 100 valence electrons. The number of hydrogen-bond donors (Lipinski definition) is 1.